The molecule has 1 aliphatic rings. The standard InChI is InChI=1S/C22H31N5O/c1-23-22(24-15-20-8-11-26(2)17-20)25-16-21(28)27-12-9-19(10-13-27)14-18-6-4-3-5-7-18/h3-8,11,17,19H,9-10,12-16H2,1-2H3,(H2,23,24,25). The number of rotatable bonds is 6. The molecule has 0 spiro atoms. The van der Waals surface area contributed by atoms with Crippen molar-refractivity contribution in [3.05, 3.63) is 59.9 Å². The van der Waals surface area contributed by atoms with E-state index in [1.54, 1.807) is 7.05 Å². The molecule has 0 unspecified atom stereocenters. The molecule has 0 atom stereocenters. The lowest BCUT2D eigenvalue weighted by molar-refractivity contribution is -0.131. The van der Waals surface area contributed by atoms with Crippen LogP contribution in [0, 0.1) is 5.92 Å². The Kier molecular flexibility index (Phi) is 7.12. The molecule has 0 aliphatic carbocycles. The van der Waals surface area contributed by atoms with Crippen LogP contribution in [0.2, 0.25) is 0 Å². The summed E-state index contributed by atoms with van der Waals surface area (Å²) in [5.41, 5.74) is 2.57. The van der Waals surface area contributed by atoms with Gasteiger partial charge in [0.1, 0.15) is 0 Å². The zero-order chi connectivity index (χ0) is 19.8. The van der Waals surface area contributed by atoms with Crippen LogP contribution in [0.1, 0.15) is 24.0 Å². The molecule has 1 fully saturated rings. The summed E-state index contributed by atoms with van der Waals surface area (Å²) in [5.74, 6) is 1.46. The highest BCUT2D eigenvalue weighted by Crippen LogP contribution is 2.21. The number of aliphatic imine (C=N–C) groups is 1. The number of hydrogen-bond donors (Lipinski definition) is 2. The molecule has 1 amide bonds. The van der Waals surface area contributed by atoms with Crippen LogP contribution in [-0.4, -0.2) is 48.0 Å². The quantitative estimate of drug-likeness (QED) is 0.596. The number of aromatic nitrogens is 1. The molecule has 0 saturated carbocycles. The maximum absolute atomic E-state index is 12.5. The van der Waals surface area contributed by atoms with Gasteiger partial charge in [0.05, 0.1) is 6.54 Å². The van der Waals surface area contributed by atoms with Gasteiger partial charge >= 0.3 is 0 Å². The highest BCUT2D eigenvalue weighted by atomic mass is 16.2. The van der Waals surface area contributed by atoms with E-state index >= 15 is 0 Å². The fourth-order valence-electron chi connectivity index (χ4n) is 3.68. The zero-order valence-electron chi connectivity index (χ0n) is 16.9. The van der Waals surface area contributed by atoms with E-state index in [9.17, 15) is 4.79 Å². The highest BCUT2D eigenvalue weighted by molar-refractivity contribution is 5.86. The SMILES string of the molecule is CN=C(NCC(=O)N1CCC(Cc2ccccc2)CC1)NCc1ccn(C)c1. The molecule has 0 bridgehead atoms. The van der Waals surface area contributed by atoms with E-state index in [1.165, 1.54) is 11.1 Å². The number of piperidine rings is 1. The number of benzene rings is 1. The van der Waals surface area contributed by atoms with Gasteiger partial charge in [-0.25, -0.2) is 0 Å². The molecule has 1 aromatic heterocycles. The van der Waals surface area contributed by atoms with E-state index in [2.05, 4.69) is 58.2 Å². The van der Waals surface area contributed by atoms with E-state index in [-0.39, 0.29) is 12.5 Å². The normalized spacial score (nSPS) is 15.5. The minimum absolute atomic E-state index is 0.140. The first-order valence-corrected chi connectivity index (χ1v) is 10.0. The Labute approximate surface area is 167 Å². The number of likely N-dealkylation sites (tertiary alicyclic amines) is 1. The third-order valence-corrected chi connectivity index (χ3v) is 5.32. The van der Waals surface area contributed by atoms with Gasteiger partial charge < -0.3 is 20.1 Å². The van der Waals surface area contributed by atoms with E-state index in [0.29, 0.717) is 18.4 Å². The van der Waals surface area contributed by atoms with Crippen molar-refractivity contribution in [2.45, 2.75) is 25.8 Å². The second-order valence-electron chi connectivity index (χ2n) is 7.48. The predicted octanol–water partition coefficient (Wildman–Crippen LogP) is 2.17. The summed E-state index contributed by atoms with van der Waals surface area (Å²) in [5, 5.41) is 6.38. The Balaban J connectivity index is 1.37. The molecule has 1 aromatic carbocycles. The van der Waals surface area contributed by atoms with Gasteiger partial charge in [0.15, 0.2) is 5.96 Å². The summed E-state index contributed by atoms with van der Waals surface area (Å²) in [7, 11) is 3.72. The van der Waals surface area contributed by atoms with Crippen molar-refractivity contribution >= 4 is 11.9 Å². The van der Waals surface area contributed by atoms with Crippen molar-refractivity contribution in [3.63, 3.8) is 0 Å². The Hall–Kier alpha value is -2.76. The molecule has 28 heavy (non-hydrogen) atoms. The van der Waals surface area contributed by atoms with Gasteiger partial charge in [0.25, 0.3) is 0 Å². The third-order valence-electron chi connectivity index (χ3n) is 5.32. The molecule has 2 aromatic rings. The fourth-order valence-corrected chi connectivity index (χ4v) is 3.68. The number of hydrogen-bond acceptors (Lipinski definition) is 2. The van der Waals surface area contributed by atoms with Crippen LogP contribution >= 0.6 is 0 Å². The van der Waals surface area contributed by atoms with Gasteiger partial charge in [-0.05, 0) is 42.4 Å². The number of nitrogens with zero attached hydrogens (tertiary/aromatic N) is 3. The monoisotopic (exact) mass is 381 g/mol. The Bertz CT molecular complexity index is 775. The summed E-state index contributed by atoms with van der Waals surface area (Å²) in [4.78, 5) is 18.7. The summed E-state index contributed by atoms with van der Waals surface area (Å²) >= 11 is 0. The third kappa shape index (κ3) is 5.87. The maximum atomic E-state index is 12.5. The van der Waals surface area contributed by atoms with E-state index in [0.717, 1.165) is 32.4 Å². The molecule has 0 radical (unpaired) electrons. The minimum atomic E-state index is 0.140. The van der Waals surface area contributed by atoms with E-state index in [4.69, 9.17) is 0 Å². The van der Waals surface area contributed by atoms with Crippen LogP contribution in [0.15, 0.2) is 53.8 Å². The predicted molar refractivity (Wildman–Crippen MR) is 113 cm³/mol. The first-order chi connectivity index (χ1) is 13.6. The van der Waals surface area contributed by atoms with Crippen LogP contribution in [0.5, 0.6) is 0 Å². The van der Waals surface area contributed by atoms with Gasteiger partial charge in [-0.3, -0.25) is 9.79 Å². The summed E-state index contributed by atoms with van der Waals surface area (Å²) in [6.07, 6.45) is 7.32. The Morgan fingerprint density at radius 2 is 1.86 bits per heavy atom. The first-order valence-electron chi connectivity index (χ1n) is 10.0. The molecule has 6 nitrogen and oxygen atoms in total. The molecule has 1 saturated heterocycles. The van der Waals surface area contributed by atoms with Gasteiger partial charge in [0.2, 0.25) is 5.91 Å². The number of guanidine groups is 1. The van der Waals surface area contributed by atoms with Crippen LogP contribution < -0.4 is 10.6 Å². The van der Waals surface area contributed by atoms with Crippen LogP contribution in [-0.2, 0) is 24.8 Å². The largest absolute Gasteiger partial charge is 0.357 e. The summed E-state index contributed by atoms with van der Waals surface area (Å²) in [6, 6.07) is 12.7. The average molecular weight is 382 g/mol. The minimum Gasteiger partial charge on any atom is -0.357 e. The highest BCUT2D eigenvalue weighted by Gasteiger charge is 2.22. The topological polar surface area (TPSA) is 61.7 Å². The zero-order valence-corrected chi connectivity index (χ0v) is 16.9. The summed E-state index contributed by atoms with van der Waals surface area (Å²) in [6.45, 7) is 2.64. The number of carbonyl (C=O) groups excluding carboxylic acids is 1. The van der Waals surface area contributed by atoms with Crippen molar-refractivity contribution in [1.82, 2.24) is 20.1 Å². The van der Waals surface area contributed by atoms with Crippen LogP contribution in [0.3, 0.4) is 0 Å². The molecule has 3 rings (SSSR count). The second kappa shape index (κ2) is 9.97. The lowest BCUT2D eigenvalue weighted by Crippen LogP contribution is -2.46. The molecule has 150 valence electrons. The molecular weight excluding hydrogens is 350 g/mol. The molecular formula is C22H31N5O. The van der Waals surface area contributed by atoms with Crippen molar-refractivity contribution in [3.8, 4) is 0 Å². The smallest absolute Gasteiger partial charge is 0.241 e. The lowest BCUT2D eigenvalue weighted by Gasteiger charge is -2.32. The number of nitrogens with one attached hydrogen (secondary N) is 2. The fraction of sp³-hybridized carbons (Fsp3) is 0.455. The maximum Gasteiger partial charge on any atom is 0.241 e. The second-order valence-corrected chi connectivity index (χ2v) is 7.48. The van der Waals surface area contributed by atoms with Gasteiger partial charge in [-0.2, -0.15) is 0 Å². The Morgan fingerprint density at radius 3 is 2.50 bits per heavy atom. The van der Waals surface area contributed by atoms with Gasteiger partial charge in [-0.15, -0.1) is 0 Å². The Morgan fingerprint density at radius 1 is 1.11 bits per heavy atom. The number of amides is 1. The first kappa shape index (κ1) is 20.0. The van der Waals surface area contributed by atoms with E-state index in [1.807, 2.05) is 22.7 Å². The van der Waals surface area contributed by atoms with Crippen molar-refractivity contribution in [2.24, 2.45) is 18.0 Å². The van der Waals surface area contributed by atoms with E-state index < -0.39 is 0 Å². The van der Waals surface area contributed by atoms with Crippen LogP contribution in [0.25, 0.3) is 0 Å². The average Bonchev–Trinajstić information content (AvgIpc) is 3.14. The molecule has 6 heteroatoms. The molecule has 2 heterocycles. The van der Waals surface area contributed by atoms with Gasteiger partial charge in [-0.1, -0.05) is 30.3 Å². The van der Waals surface area contributed by atoms with Crippen molar-refractivity contribution in [2.75, 3.05) is 26.7 Å². The van der Waals surface area contributed by atoms with Crippen molar-refractivity contribution in [1.29, 1.82) is 0 Å². The molecule has 2 N–H and O–H groups in total. The summed E-state index contributed by atoms with van der Waals surface area (Å²) < 4.78 is 2.01. The number of aryl methyl sites for hydroxylation is 1. The lowest BCUT2D eigenvalue weighted by atomic mass is 9.90. The van der Waals surface area contributed by atoms with Crippen molar-refractivity contribution < 1.29 is 4.79 Å². The van der Waals surface area contributed by atoms with Gasteiger partial charge in [0, 0.05) is 46.1 Å². The van der Waals surface area contributed by atoms with Crippen LogP contribution in [0.4, 0.5) is 0 Å². The number of carbonyl (C=O) groups is 1. The molecule has 1 aliphatic heterocycles.